The van der Waals surface area contributed by atoms with Gasteiger partial charge in [0.1, 0.15) is 0 Å². The van der Waals surface area contributed by atoms with E-state index >= 15 is 0 Å². The number of alkyl halides is 3. The van der Waals surface area contributed by atoms with Gasteiger partial charge < -0.3 is 5.32 Å². The molecule has 0 spiro atoms. The summed E-state index contributed by atoms with van der Waals surface area (Å²) < 4.78 is 35.9. The molecule has 0 atom stereocenters. The number of fused-ring (bicyclic) bond motifs is 1. The van der Waals surface area contributed by atoms with Crippen LogP contribution in [-0.4, -0.2) is 18.6 Å². The average Bonchev–Trinajstić information content (AvgIpc) is 2.37. The summed E-state index contributed by atoms with van der Waals surface area (Å²) >= 11 is 0. The first-order chi connectivity index (χ1) is 8.97. The lowest BCUT2D eigenvalue weighted by Gasteiger charge is -2.08. The van der Waals surface area contributed by atoms with Crippen LogP contribution in [0.3, 0.4) is 0 Å². The molecule has 0 unspecified atom stereocenters. The van der Waals surface area contributed by atoms with Crippen molar-refractivity contribution in [1.82, 2.24) is 5.32 Å². The lowest BCUT2D eigenvalue weighted by Crippen LogP contribution is -2.37. The van der Waals surface area contributed by atoms with Crippen molar-refractivity contribution in [2.24, 2.45) is 0 Å². The van der Waals surface area contributed by atoms with Gasteiger partial charge in [0.2, 0.25) is 0 Å². The van der Waals surface area contributed by atoms with E-state index in [1.807, 2.05) is 47.8 Å². The molecule has 0 bridgehead atoms. The van der Waals surface area contributed by atoms with Gasteiger partial charge in [-0.3, -0.25) is 4.79 Å². The van der Waals surface area contributed by atoms with Crippen LogP contribution in [0.5, 0.6) is 0 Å². The zero-order chi connectivity index (χ0) is 13.9. The van der Waals surface area contributed by atoms with E-state index in [9.17, 15) is 18.0 Å². The van der Waals surface area contributed by atoms with Crippen LogP contribution in [0.1, 0.15) is 5.56 Å². The number of benzene rings is 2. The van der Waals surface area contributed by atoms with E-state index in [4.69, 9.17) is 0 Å². The maximum absolute atomic E-state index is 12.0. The van der Waals surface area contributed by atoms with Crippen molar-refractivity contribution in [2.75, 3.05) is 6.54 Å². The normalized spacial score (nSPS) is 11.5. The lowest BCUT2D eigenvalue weighted by atomic mass is 10.1. The molecule has 0 saturated heterocycles. The van der Waals surface area contributed by atoms with E-state index in [1.54, 1.807) is 0 Å². The van der Waals surface area contributed by atoms with E-state index < -0.39 is 12.1 Å². The Bertz CT molecular complexity index is 593. The molecule has 2 aromatic carbocycles. The molecule has 2 rings (SSSR count). The van der Waals surface area contributed by atoms with Crippen LogP contribution in [-0.2, 0) is 11.2 Å². The lowest BCUT2D eigenvalue weighted by molar-refractivity contribution is -0.173. The van der Waals surface area contributed by atoms with Crippen LogP contribution in [0.4, 0.5) is 13.2 Å². The molecule has 0 aliphatic heterocycles. The van der Waals surface area contributed by atoms with Crippen molar-refractivity contribution in [3.63, 3.8) is 0 Å². The predicted molar refractivity (Wildman–Crippen MR) is 66.7 cm³/mol. The Morgan fingerprint density at radius 2 is 1.74 bits per heavy atom. The van der Waals surface area contributed by atoms with Gasteiger partial charge in [0, 0.05) is 6.54 Å². The molecule has 0 fully saturated rings. The second-order valence-electron chi connectivity index (χ2n) is 4.19. The van der Waals surface area contributed by atoms with Crippen molar-refractivity contribution in [3.05, 3.63) is 48.0 Å². The summed E-state index contributed by atoms with van der Waals surface area (Å²) in [4.78, 5) is 10.6. The monoisotopic (exact) mass is 267 g/mol. The highest BCUT2D eigenvalue weighted by molar-refractivity contribution is 5.83. The average molecular weight is 267 g/mol. The Morgan fingerprint density at radius 3 is 2.42 bits per heavy atom. The summed E-state index contributed by atoms with van der Waals surface area (Å²) in [5, 5.41) is 3.96. The summed E-state index contributed by atoms with van der Waals surface area (Å²) in [5.41, 5.74) is 0.890. The second kappa shape index (κ2) is 5.30. The SMILES string of the molecule is O=C(NCCc1ccc2ccccc2c1)C(F)(F)F. The minimum atomic E-state index is -4.82. The summed E-state index contributed by atoms with van der Waals surface area (Å²) in [6.45, 7) is -0.0311. The summed E-state index contributed by atoms with van der Waals surface area (Å²) in [5.74, 6) is -1.90. The quantitative estimate of drug-likeness (QED) is 0.909. The molecule has 0 saturated carbocycles. The molecule has 2 aromatic rings. The van der Waals surface area contributed by atoms with Crippen LogP contribution in [0.2, 0.25) is 0 Å². The zero-order valence-electron chi connectivity index (χ0n) is 10.00. The molecule has 1 amide bonds. The molecular formula is C14H12F3NO. The number of hydrogen-bond acceptors (Lipinski definition) is 1. The second-order valence-corrected chi connectivity index (χ2v) is 4.19. The van der Waals surface area contributed by atoms with Gasteiger partial charge in [-0.05, 0) is 22.8 Å². The van der Waals surface area contributed by atoms with Crippen molar-refractivity contribution < 1.29 is 18.0 Å². The molecule has 100 valence electrons. The maximum Gasteiger partial charge on any atom is 0.471 e. The van der Waals surface area contributed by atoms with Crippen molar-refractivity contribution >= 4 is 16.7 Å². The van der Waals surface area contributed by atoms with Crippen LogP contribution in [0, 0.1) is 0 Å². The molecule has 1 N–H and O–H groups in total. The number of halogens is 3. The van der Waals surface area contributed by atoms with E-state index in [-0.39, 0.29) is 6.54 Å². The Labute approximate surface area is 108 Å². The van der Waals surface area contributed by atoms with E-state index in [1.165, 1.54) is 0 Å². The Balaban J connectivity index is 1.97. The summed E-state index contributed by atoms with van der Waals surface area (Å²) in [6.07, 6.45) is -4.45. The largest absolute Gasteiger partial charge is 0.471 e. The van der Waals surface area contributed by atoms with Crippen molar-refractivity contribution in [1.29, 1.82) is 0 Å². The first kappa shape index (κ1) is 13.4. The van der Waals surface area contributed by atoms with Gasteiger partial charge in [-0.2, -0.15) is 13.2 Å². The molecule has 19 heavy (non-hydrogen) atoms. The Hall–Kier alpha value is -2.04. The zero-order valence-corrected chi connectivity index (χ0v) is 10.00. The standard InChI is InChI=1S/C14H12F3NO/c15-14(16,17)13(19)18-8-7-10-5-6-11-3-1-2-4-12(11)9-10/h1-6,9H,7-8H2,(H,18,19). The first-order valence-electron chi connectivity index (χ1n) is 5.79. The number of carbonyl (C=O) groups is 1. The van der Waals surface area contributed by atoms with Gasteiger partial charge in [-0.15, -0.1) is 0 Å². The van der Waals surface area contributed by atoms with Crippen LogP contribution in [0.15, 0.2) is 42.5 Å². The minimum absolute atomic E-state index is 0.0311. The smallest absolute Gasteiger partial charge is 0.348 e. The van der Waals surface area contributed by atoms with E-state index in [2.05, 4.69) is 0 Å². The highest BCUT2D eigenvalue weighted by atomic mass is 19.4. The highest BCUT2D eigenvalue weighted by Crippen LogP contribution is 2.16. The number of hydrogen-bond donors (Lipinski definition) is 1. The predicted octanol–water partition coefficient (Wildman–Crippen LogP) is 3.06. The van der Waals surface area contributed by atoms with Gasteiger partial charge in [-0.25, -0.2) is 0 Å². The van der Waals surface area contributed by atoms with Crippen LogP contribution >= 0.6 is 0 Å². The topological polar surface area (TPSA) is 29.1 Å². The van der Waals surface area contributed by atoms with Crippen LogP contribution in [0.25, 0.3) is 10.8 Å². The van der Waals surface area contributed by atoms with Gasteiger partial charge in [-0.1, -0.05) is 42.5 Å². The third-order valence-corrected chi connectivity index (χ3v) is 2.77. The third kappa shape index (κ3) is 3.47. The highest BCUT2D eigenvalue weighted by Gasteiger charge is 2.38. The van der Waals surface area contributed by atoms with Crippen molar-refractivity contribution in [3.8, 4) is 0 Å². The van der Waals surface area contributed by atoms with Gasteiger partial charge in [0.05, 0.1) is 0 Å². The summed E-state index contributed by atoms with van der Waals surface area (Å²) in [6, 6.07) is 13.4. The Kier molecular flexibility index (Phi) is 3.74. The maximum atomic E-state index is 12.0. The minimum Gasteiger partial charge on any atom is -0.348 e. The van der Waals surface area contributed by atoms with Gasteiger partial charge in [0.15, 0.2) is 0 Å². The number of carbonyl (C=O) groups excluding carboxylic acids is 1. The van der Waals surface area contributed by atoms with Crippen LogP contribution < -0.4 is 5.32 Å². The Morgan fingerprint density at radius 1 is 1.05 bits per heavy atom. The number of nitrogens with one attached hydrogen (secondary N) is 1. The molecular weight excluding hydrogens is 255 g/mol. The van der Waals surface area contributed by atoms with E-state index in [0.29, 0.717) is 6.42 Å². The van der Waals surface area contributed by atoms with Gasteiger partial charge >= 0.3 is 12.1 Å². The molecule has 0 radical (unpaired) electrons. The fourth-order valence-corrected chi connectivity index (χ4v) is 1.81. The summed E-state index contributed by atoms with van der Waals surface area (Å²) in [7, 11) is 0. The fourth-order valence-electron chi connectivity index (χ4n) is 1.81. The first-order valence-corrected chi connectivity index (χ1v) is 5.79. The molecule has 0 aliphatic rings. The molecule has 0 aliphatic carbocycles. The number of amides is 1. The fraction of sp³-hybridized carbons (Fsp3) is 0.214. The molecule has 2 nitrogen and oxygen atoms in total. The molecule has 0 heterocycles. The molecule has 5 heteroatoms. The van der Waals surface area contributed by atoms with E-state index in [0.717, 1.165) is 16.3 Å². The number of rotatable bonds is 3. The third-order valence-electron chi connectivity index (χ3n) is 2.77. The van der Waals surface area contributed by atoms with Crippen molar-refractivity contribution in [2.45, 2.75) is 12.6 Å². The molecule has 0 aromatic heterocycles. The van der Waals surface area contributed by atoms with Gasteiger partial charge in [0.25, 0.3) is 0 Å².